The van der Waals surface area contributed by atoms with E-state index in [2.05, 4.69) is 53.0 Å². The minimum Gasteiger partial charge on any atom is -0.256 e. The molecule has 0 spiro atoms. The Hall–Kier alpha value is -1.15. The van der Waals surface area contributed by atoms with Crippen LogP contribution in [0.25, 0.3) is 11.3 Å². The van der Waals surface area contributed by atoms with Gasteiger partial charge in [0.25, 0.3) is 0 Å². The van der Waals surface area contributed by atoms with Gasteiger partial charge >= 0.3 is 0 Å². The summed E-state index contributed by atoms with van der Waals surface area (Å²) in [5, 5.41) is 0. The highest BCUT2D eigenvalue weighted by Gasteiger charge is 2.01. The maximum Gasteiger partial charge on any atom is 0.0713 e. The average Bonchev–Trinajstić information content (AvgIpc) is 2.16. The van der Waals surface area contributed by atoms with E-state index in [0.29, 0.717) is 0 Å². The number of nitrogens with zero attached hydrogens (tertiary/aromatic N) is 1. The second-order valence-corrected chi connectivity index (χ2v) is 4.65. The molecule has 2 aromatic rings. The summed E-state index contributed by atoms with van der Waals surface area (Å²) in [5.41, 5.74) is 4.73. The second kappa shape index (κ2) is 4.15. The number of benzene rings is 1. The molecule has 2 heteroatoms. The standard InChI is InChI=1S/C13H12BrN/c1-9-5-10(2)7-11(6-9)13-8-12(14)3-4-15-13/h3-8H,1-2H3. The highest BCUT2D eigenvalue weighted by Crippen LogP contribution is 2.22. The highest BCUT2D eigenvalue weighted by atomic mass is 79.9. The predicted octanol–water partition coefficient (Wildman–Crippen LogP) is 4.13. The summed E-state index contributed by atoms with van der Waals surface area (Å²) in [4.78, 5) is 4.36. The van der Waals surface area contributed by atoms with E-state index < -0.39 is 0 Å². The zero-order chi connectivity index (χ0) is 10.8. The number of hydrogen-bond donors (Lipinski definition) is 0. The van der Waals surface area contributed by atoms with E-state index in [1.807, 2.05) is 18.3 Å². The van der Waals surface area contributed by atoms with Crippen molar-refractivity contribution < 1.29 is 0 Å². The van der Waals surface area contributed by atoms with Gasteiger partial charge in [0, 0.05) is 16.2 Å². The zero-order valence-electron chi connectivity index (χ0n) is 8.79. The van der Waals surface area contributed by atoms with Gasteiger partial charge in [-0.1, -0.05) is 33.1 Å². The molecule has 0 radical (unpaired) electrons. The topological polar surface area (TPSA) is 12.9 Å². The first-order valence-corrected chi connectivity index (χ1v) is 5.65. The van der Waals surface area contributed by atoms with E-state index >= 15 is 0 Å². The van der Waals surface area contributed by atoms with Crippen LogP contribution in [0.5, 0.6) is 0 Å². The fourth-order valence-corrected chi connectivity index (χ4v) is 2.02. The lowest BCUT2D eigenvalue weighted by Crippen LogP contribution is -1.85. The minimum atomic E-state index is 1.01. The second-order valence-electron chi connectivity index (χ2n) is 3.74. The van der Waals surface area contributed by atoms with Crippen LogP contribution in [0.15, 0.2) is 41.0 Å². The first-order valence-electron chi connectivity index (χ1n) is 4.85. The van der Waals surface area contributed by atoms with Crippen molar-refractivity contribution in [1.29, 1.82) is 0 Å². The largest absolute Gasteiger partial charge is 0.256 e. The Kier molecular flexibility index (Phi) is 2.87. The van der Waals surface area contributed by atoms with Crippen molar-refractivity contribution in [3.63, 3.8) is 0 Å². The lowest BCUT2D eigenvalue weighted by Gasteiger charge is -2.04. The number of pyridine rings is 1. The zero-order valence-corrected chi connectivity index (χ0v) is 10.4. The normalized spacial score (nSPS) is 10.3. The molecule has 0 amide bonds. The molecule has 0 bridgehead atoms. The van der Waals surface area contributed by atoms with Gasteiger partial charge in [-0.05, 0) is 38.1 Å². The van der Waals surface area contributed by atoms with Crippen molar-refractivity contribution in [2.24, 2.45) is 0 Å². The van der Waals surface area contributed by atoms with Gasteiger partial charge in [0.15, 0.2) is 0 Å². The van der Waals surface area contributed by atoms with E-state index in [0.717, 1.165) is 10.2 Å². The molecule has 0 N–H and O–H groups in total. The fraction of sp³-hybridized carbons (Fsp3) is 0.154. The molecule has 76 valence electrons. The summed E-state index contributed by atoms with van der Waals surface area (Å²) in [6.45, 7) is 4.21. The van der Waals surface area contributed by atoms with Crippen LogP contribution in [0.4, 0.5) is 0 Å². The molecule has 0 aliphatic rings. The summed E-state index contributed by atoms with van der Waals surface area (Å²) in [7, 11) is 0. The molecule has 15 heavy (non-hydrogen) atoms. The smallest absolute Gasteiger partial charge is 0.0713 e. The van der Waals surface area contributed by atoms with Crippen molar-refractivity contribution in [3.8, 4) is 11.3 Å². The molecule has 0 saturated heterocycles. The van der Waals surface area contributed by atoms with Crippen LogP contribution < -0.4 is 0 Å². The van der Waals surface area contributed by atoms with E-state index in [1.54, 1.807) is 0 Å². The molecule has 0 atom stereocenters. The first-order chi connectivity index (χ1) is 7.15. The van der Waals surface area contributed by atoms with Crippen LogP contribution in [-0.2, 0) is 0 Å². The molecule has 0 saturated carbocycles. The van der Waals surface area contributed by atoms with Crippen molar-refractivity contribution in [2.45, 2.75) is 13.8 Å². The Balaban J connectivity index is 2.54. The summed E-state index contributed by atoms with van der Waals surface area (Å²) in [6.07, 6.45) is 1.82. The maximum absolute atomic E-state index is 4.36. The Morgan fingerprint density at radius 1 is 1.00 bits per heavy atom. The molecule has 0 fully saturated rings. The van der Waals surface area contributed by atoms with Gasteiger partial charge in [0.1, 0.15) is 0 Å². The number of hydrogen-bond acceptors (Lipinski definition) is 1. The maximum atomic E-state index is 4.36. The SMILES string of the molecule is Cc1cc(C)cc(-c2cc(Br)ccn2)c1. The Morgan fingerprint density at radius 2 is 1.67 bits per heavy atom. The molecule has 1 aromatic carbocycles. The monoisotopic (exact) mass is 261 g/mol. The van der Waals surface area contributed by atoms with E-state index in [-0.39, 0.29) is 0 Å². The van der Waals surface area contributed by atoms with Crippen LogP contribution >= 0.6 is 15.9 Å². The van der Waals surface area contributed by atoms with Crippen molar-refractivity contribution in [2.75, 3.05) is 0 Å². The van der Waals surface area contributed by atoms with Crippen LogP contribution in [0.3, 0.4) is 0 Å². The van der Waals surface area contributed by atoms with Gasteiger partial charge in [-0.2, -0.15) is 0 Å². The van der Waals surface area contributed by atoms with Gasteiger partial charge in [-0.25, -0.2) is 0 Å². The Labute approximate surface area is 98.3 Å². The molecule has 1 aromatic heterocycles. The molecular weight excluding hydrogens is 250 g/mol. The molecule has 0 aliphatic carbocycles. The van der Waals surface area contributed by atoms with Crippen molar-refractivity contribution in [3.05, 3.63) is 52.1 Å². The first kappa shape index (κ1) is 10.4. The average molecular weight is 262 g/mol. The molecule has 0 aliphatic heterocycles. The van der Waals surface area contributed by atoms with Gasteiger partial charge in [0.05, 0.1) is 5.69 Å². The van der Waals surface area contributed by atoms with Crippen LogP contribution in [-0.4, -0.2) is 4.98 Å². The quantitative estimate of drug-likeness (QED) is 0.753. The van der Waals surface area contributed by atoms with Gasteiger partial charge in [-0.15, -0.1) is 0 Å². The summed E-state index contributed by atoms with van der Waals surface area (Å²) < 4.78 is 1.06. The Bertz CT molecular complexity index is 471. The third kappa shape index (κ3) is 2.45. The third-order valence-corrected chi connectivity index (χ3v) is 2.73. The minimum absolute atomic E-state index is 1.01. The molecule has 2 rings (SSSR count). The van der Waals surface area contributed by atoms with Gasteiger partial charge < -0.3 is 0 Å². The lowest BCUT2D eigenvalue weighted by atomic mass is 10.0. The van der Waals surface area contributed by atoms with Crippen LogP contribution in [0, 0.1) is 13.8 Å². The van der Waals surface area contributed by atoms with E-state index in [9.17, 15) is 0 Å². The van der Waals surface area contributed by atoms with Gasteiger partial charge in [-0.3, -0.25) is 4.98 Å². The lowest BCUT2D eigenvalue weighted by molar-refractivity contribution is 1.29. The van der Waals surface area contributed by atoms with Crippen molar-refractivity contribution >= 4 is 15.9 Å². The fourth-order valence-electron chi connectivity index (χ4n) is 1.69. The van der Waals surface area contributed by atoms with Crippen LogP contribution in [0.2, 0.25) is 0 Å². The van der Waals surface area contributed by atoms with Crippen LogP contribution in [0.1, 0.15) is 11.1 Å². The molecule has 1 heterocycles. The summed E-state index contributed by atoms with van der Waals surface area (Å²) in [5.74, 6) is 0. The predicted molar refractivity (Wildman–Crippen MR) is 66.8 cm³/mol. The third-order valence-electron chi connectivity index (χ3n) is 2.24. The van der Waals surface area contributed by atoms with Crippen molar-refractivity contribution in [1.82, 2.24) is 4.98 Å². The highest BCUT2D eigenvalue weighted by molar-refractivity contribution is 9.10. The molecule has 0 unspecified atom stereocenters. The number of rotatable bonds is 1. The van der Waals surface area contributed by atoms with Gasteiger partial charge in [0.2, 0.25) is 0 Å². The van der Waals surface area contributed by atoms with E-state index in [1.165, 1.54) is 16.7 Å². The number of aryl methyl sites for hydroxylation is 2. The molecular formula is C13H12BrN. The summed E-state index contributed by atoms with van der Waals surface area (Å²) in [6, 6.07) is 10.4. The summed E-state index contributed by atoms with van der Waals surface area (Å²) >= 11 is 3.46. The van der Waals surface area contributed by atoms with E-state index in [4.69, 9.17) is 0 Å². The number of aromatic nitrogens is 1. The molecule has 1 nitrogen and oxygen atoms in total. The number of halogens is 1. The Morgan fingerprint density at radius 3 is 2.27 bits per heavy atom.